The third-order valence-electron chi connectivity index (χ3n) is 6.94. The molecule has 0 spiro atoms. The molecule has 11 heteroatoms. The first-order chi connectivity index (χ1) is 14.6. The fourth-order valence-electron chi connectivity index (χ4n) is 4.95. The zero-order chi connectivity index (χ0) is 22.0. The first kappa shape index (κ1) is 20.4. The Morgan fingerprint density at radius 3 is 2.42 bits per heavy atom. The Morgan fingerprint density at radius 1 is 1.06 bits per heavy atom. The van der Waals surface area contributed by atoms with E-state index in [0.717, 1.165) is 0 Å². The van der Waals surface area contributed by atoms with Crippen LogP contribution in [-0.2, 0) is 4.79 Å². The summed E-state index contributed by atoms with van der Waals surface area (Å²) in [5, 5.41) is 4.50. The van der Waals surface area contributed by atoms with Gasteiger partial charge in [0, 0.05) is 37.6 Å². The summed E-state index contributed by atoms with van der Waals surface area (Å²) in [6.45, 7) is -0.547. The van der Waals surface area contributed by atoms with Crippen molar-refractivity contribution in [2.45, 2.75) is 68.8 Å². The van der Waals surface area contributed by atoms with Crippen LogP contribution in [0.1, 0.15) is 62.7 Å². The van der Waals surface area contributed by atoms with Gasteiger partial charge < -0.3 is 9.88 Å². The third kappa shape index (κ3) is 3.61. The summed E-state index contributed by atoms with van der Waals surface area (Å²) in [4.78, 5) is 33.8. The van der Waals surface area contributed by atoms with Crippen LogP contribution in [0.2, 0.25) is 0 Å². The van der Waals surface area contributed by atoms with Crippen molar-refractivity contribution in [1.82, 2.24) is 24.6 Å². The Morgan fingerprint density at radius 2 is 1.81 bits per heavy atom. The van der Waals surface area contributed by atoms with Crippen LogP contribution in [0.3, 0.4) is 0 Å². The molecule has 5 rings (SSSR count). The molecule has 0 radical (unpaired) electrons. The SMILES string of the molecule is O=C(C1CCC1c1nc2c(cnn2C2CCC(F)(F)CC2)c(=O)[nH]1)N1CCC(F)(F)C1. The summed E-state index contributed by atoms with van der Waals surface area (Å²) in [5.74, 6) is -6.40. The highest BCUT2D eigenvalue weighted by atomic mass is 19.3. The van der Waals surface area contributed by atoms with Crippen LogP contribution in [-0.4, -0.2) is 55.5 Å². The van der Waals surface area contributed by atoms with Crippen LogP contribution in [0.4, 0.5) is 17.6 Å². The van der Waals surface area contributed by atoms with Crippen molar-refractivity contribution in [3.8, 4) is 0 Å². The highest BCUT2D eigenvalue weighted by molar-refractivity contribution is 5.81. The third-order valence-corrected chi connectivity index (χ3v) is 6.94. The molecule has 7 nitrogen and oxygen atoms in total. The van der Waals surface area contributed by atoms with Crippen molar-refractivity contribution in [2.75, 3.05) is 13.1 Å². The number of aromatic amines is 1. The number of carbonyl (C=O) groups excluding carboxylic acids is 1. The van der Waals surface area contributed by atoms with Gasteiger partial charge >= 0.3 is 0 Å². The average Bonchev–Trinajstić information content (AvgIpc) is 3.24. The number of halogens is 4. The van der Waals surface area contributed by atoms with Gasteiger partial charge in [-0.15, -0.1) is 0 Å². The number of nitrogens with one attached hydrogen (secondary N) is 1. The van der Waals surface area contributed by atoms with Crippen molar-refractivity contribution < 1.29 is 22.4 Å². The normalized spacial score (nSPS) is 28.1. The van der Waals surface area contributed by atoms with Gasteiger partial charge in [0.25, 0.3) is 11.5 Å². The summed E-state index contributed by atoms with van der Waals surface area (Å²) in [7, 11) is 0. The lowest BCUT2D eigenvalue weighted by atomic mass is 9.72. The molecule has 168 valence electrons. The van der Waals surface area contributed by atoms with Gasteiger partial charge in [-0.3, -0.25) is 9.59 Å². The summed E-state index contributed by atoms with van der Waals surface area (Å²) in [6, 6.07) is -0.273. The van der Waals surface area contributed by atoms with Crippen molar-refractivity contribution in [3.05, 3.63) is 22.4 Å². The summed E-state index contributed by atoms with van der Waals surface area (Å²) >= 11 is 0. The zero-order valence-electron chi connectivity index (χ0n) is 16.8. The van der Waals surface area contributed by atoms with Gasteiger partial charge in [-0.1, -0.05) is 0 Å². The summed E-state index contributed by atoms with van der Waals surface area (Å²) < 4.78 is 55.6. The van der Waals surface area contributed by atoms with E-state index in [-0.39, 0.29) is 61.9 Å². The standard InChI is InChI=1S/C20H23F4N5O2/c21-19(22)5-3-11(4-6-19)29-16-14(9-25-29)17(30)27-15(26-16)12-1-2-13(12)18(31)28-8-7-20(23,24)10-28/h9,11-13H,1-8,10H2,(H,26,27,30). The second-order valence-electron chi connectivity index (χ2n) is 9.02. The van der Waals surface area contributed by atoms with E-state index < -0.39 is 29.9 Å². The molecule has 1 amide bonds. The molecule has 1 aliphatic heterocycles. The molecule has 0 aromatic carbocycles. The highest BCUT2D eigenvalue weighted by Gasteiger charge is 2.47. The predicted molar refractivity (Wildman–Crippen MR) is 102 cm³/mol. The maximum absolute atomic E-state index is 13.5. The van der Waals surface area contributed by atoms with Crippen LogP contribution in [0.25, 0.3) is 11.0 Å². The van der Waals surface area contributed by atoms with Gasteiger partial charge in [-0.2, -0.15) is 5.10 Å². The van der Waals surface area contributed by atoms with Gasteiger partial charge in [0.05, 0.1) is 18.8 Å². The molecule has 31 heavy (non-hydrogen) atoms. The molecular weight excluding hydrogens is 418 g/mol. The minimum atomic E-state index is -2.86. The smallest absolute Gasteiger partial charge is 0.267 e. The number of H-pyrrole nitrogens is 1. The van der Waals surface area contributed by atoms with E-state index in [1.807, 2.05) is 0 Å². The van der Waals surface area contributed by atoms with Gasteiger partial charge in [0.15, 0.2) is 5.65 Å². The van der Waals surface area contributed by atoms with Gasteiger partial charge in [-0.25, -0.2) is 27.2 Å². The number of aromatic nitrogens is 4. The minimum Gasteiger partial charge on any atom is -0.336 e. The van der Waals surface area contributed by atoms with E-state index in [9.17, 15) is 27.2 Å². The van der Waals surface area contributed by atoms with Crippen LogP contribution < -0.4 is 5.56 Å². The maximum Gasteiger partial charge on any atom is 0.267 e. The molecule has 2 unspecified atom stereocenters. The van der Waals surface area contributed by atoms with E-state index in [4.69, 9.17) is 0 Å². The molecule has 2 aromatic heterocycles. The number of nitrogens with zero attached hydrogens (tertiary/aromatic N) is 4. The Bertz CT molecular complexity index is 1070. The fourth-order valence-corrected chi connectivity index (χ4v) is 4.95. The van der Waals surface area contributed by atoms with E-state index >= 15 is 0 Å². The Labute approximate surface area is 174 Å². The largest absolute Gasteiger partial charge is 0.336 e. The molecule has 0 bridgehead atoms. The molecule has 3 aliphatic rings. The number of likely N-dealkylation sites (tertiary alicyclic amines) is 1. The van der Waals surface area contributed by atoms with Crippen LogP contribution in [0.5, 0.6) is 0 Å². The van der Waals surface area contributed by atoms with E-state index in [1.165, 1.54) is 11.1 Å². The lowest BCUT2D eigenvalue weighted by molar-refractivity contribution is -0.139. The first-order valence-electron chi connectivity index (χ1n) is 10.7. The second kappa shape index (κ2) is 7.03. The summed E-state index contributed by atoms with van der Waals surface area (Å²) in [6.07, 6.45) is 2.19. The average molecular weight is 441 g/mol. The van der Waals surface area contributed by atoms with Gasteiger partial charge in [0.1, 0.15) is 11.2 Å². The fraction of sp³-hybridized carbons (Fsp3) is 0.700. The van der Waals surface area contributed by atoms with Crippen molar-refractivity contribution in [2.24, 2.45) is 5.92 Å². The van der Waals surface area contributed by atoms with Crippen LogP contribution in [0, 0.1) is 5.92 Å². The molecule has 2 saturated carbocycles. The Balaban J connectivity index is 1.40. The monoisotopic (exact) mass is 441 g/mol. The van der Waals surface area contributed by atoms with Crippen LogP contribution in [0.15, 0.2) is 11.0 Å². The van der Waals surface area contributed by atoms with Crippen LogP contribution >= 0.6 is 0 Å². The first-order valence-corrected chi connectivity index (χ1v) is 10.7. The number of rotatable bonds is 3. The molecule has 3 heterocycles. The number of fused-ring (bicyclic) bond motifs is 1. The van der Waals surface area contributed by atoms with E-state index in [1.54, 1.807) is 4.68 Å². The summed E-state index contributed by atoms with van der Waals surface area (Å²) in [5.41, 5.74) is -0.0852. The number of alkyl halides is 4. The molecule has 2 aromatic rings. The molecule has 1 N–H and O–H groups in total. The number of hydrogen-bond donors (Lipinski definition) is 1. The lowest BCUT2D eigenvalue weighted by Gasteiger charge is -2.37. The predicted octanol–water partition coefficient (Wildman–Crippen LogP) is 3.23. The van der Waals surface area contributed by atoms with Gasteiger partial charge in [-0.05, 0) is 25.7 Å². The van der Waals surface area contributed by atoms with Crippen molar-refractivity contribution >= 4 is 16.9 Å². The molecule has 2 aliphatic carbocycles. The van der Waals surface area contributed by atoms with Crippen molar-refractivity contribution in [3.63, 3.8) is 0 Å². The Kier molecular flexibility index (Phi) is 4.63. The lowest BCUT2D eigenvalue weighted by Crippen LogP contribution is -2.43. The van der Waals surface area contributed by atoms with Gasteiger partial charge in [0.2, 0.25) is 11.8 Å². The molecule has 2 atom stereocenters. The Hall–Kier alpha value is -2.46. The van der Waals surface area contributed by atoms with E-state index in [0.29, 0.717) is 24.3 Å². The molecule has 3 fully saturated rings. The molecular formula is C20H23F4N5O2. The topological polar surface area (TPSA) is 83.9 Å². The maximum atomic E-state index is 13.5. The molecule has 1 saturated heterocycles. The van der Waals surface area contributed by atoms with Crippen molar-refractivity contribution in [1.29, 1.82) is 0 Å². The quantitative estimate of drug-likeness (QED) is 0.742. The highest BCUT2D eigenvalue weighted by Crippen LogP contribution is 2.44. The number of hydrogen-bond acceptors (Lipinski definition) is 4. The zero-order valence-corrected chi connectivity index (χ0v) is 16.8. The number of amides is 1. The number of carbonyl (C=O) groups is 1. The van der Waals surface area contributed by atoms with E-state index in [2.05, 4.69) is 15.1 Å². The second-order valence-corrected chi connectivity index (χ2v) is 9.02. The minimum absolute atomic E-state index is 0.0249.